The Hall–Kier alpha value is -4.26. The highest BCUT2D eigenvalue weighted by Crippen LogP contribution is 2.41. The molecule has 2 aromatic heterocycles. The van der Waals surface area contributed by atoms with Crippen molar-refractivity contribution in [3.8, 4) is 22.5 Å². The van der Waals surface area contributed by atoms with Crippen molar-refractivity contribution in [2.75, 3.05) is 4.90 Å². The molecule has 38 heavy (non-hydrogen) atoms. The number of anilines is 1. The molecule has 0 atom stereocenters. The molecule has 13 heteroatoms. The van der Waals surface area contributed by atoms with Gasteiger partial charge in [0.15, 0.2) is 5.82 Å². The molecule has 0 aliphatic carbocycles. The molecule has 0 radical (unpaired) electrons. The maximum absolute atomic E-state index is 13.9. The van der Waals surface area contributed by atoms with Crippen LogP contribution in [0.15, 0.2) is 54.9 Å². The largest absolute Gasteiger partial charge is 0.433 e. The molecular formula is C25H17F6N5O2. The molecule has 1 amide bonds. The highest BCUT2D eigenvalue weighted by Gasteiger charge is 2.41. The normalized spacial score (nSPS) is 13.8. The van der Waals surface area contributed by atoms with Crippen LogP contribution in [-0.4, -0.2) is 30.8 Å². The van der Waals surface area contributed by atoms with Crippen LogP contribution in [0.1, 0.15) is 32.7 Å². The average Bonchev–Trinajstić information content (AvgIpc) is 3.45. The number of carbonyl (C=O) groups is 1. The predicted octanol–water partition coefficient (Wildman–Crippen LogP) is 5.23. The standard InChI is InChI=1S/C25H17F6N5O2/c1-35-12-32-34-22(35)17-7-13(11-37)5-6-15(17)14-8-20(25(29,30)31)33-21(9-14)36-10-18-16(23(36)38)3-2-4-19(18)24(26,27)28/h2-9,12,37H,10-11H2,1H3. The van der Waals surface area contributed by atoms with E-state index in [-0.39, 0.29) is 28.9 Å². The molecule has 7 nitrogen and oxygen atoms in total. The van der Waals surface area contributed by atoms with Crippen molar-refractivity contribution in [1.82, 2.24) is 19.7 Å². The number of carbonyl (C=O) groups excluding carboxylic acids is 1. The number of aliphatic hydroxyl groups excluding tert-OH is 1. The molecular weight excluding hydrogens is 516 g/mol. The van der Waals surface area contributed by atoms with Crippen molar-refractivity contribution in [3.63, 3.8) is 0 Å². The van der Waals surface area contributed by atoms with Gasteiger partial charge in [-0.25, -0.2) is 4.98 Å². The van der Waals surface area contributed by atoms with Gasteiger partial charge in [0.1, 0.15) is 17.8 Å². The van der Waals surface area contributed by atoms with Crippen LogP contribution in [0.3, 0.4) is 0 Å². The quantitative estimate of drug-likeness (QED) is 0.363. The van der Waals surface area contributed by atoms with Crippen LogP contribution in [-0.2, 0) is 32.6 Å². The lowest BCUT2D eigenvalue weighted by atomic mass is 9.96. The predicted molar refractivity (Wildman–Crippen MR) is 123 cm³/mol. The summed E-state index contributed by atoms with van der Waals surface area (Å²) in [7, 11) is 1.63. The number of amides is 1. The summed E-state index contributed by atoms with van der Waals surface area (Å²) in [4.78, 5) is 17.5. The summed E-state index contributed by atoms with van der Waals surface area (Å²) in [6.45, 7) is -0.945. The minimum atomic E-state index is -4.92. The van der Waals surface area contributed by atoms with E-state index in [1.54, 1.807) is 13.1 Å². The van der Waals surface area contributed by atoms with Crippen molar-refractivity contribution in [1.29, 1.82) is 0 Å². The lowest BCUT2D eigenvalue weighted by Crippen LogP contribution is -2.25. The number of rotatable bonds is 4. The second kappa shape index (κ2) is 8.94. The van der Waals surface area contributed by atoms with Crippen molar-refractivity contribution in [2.24, 2.45) is 7.05 Å². The van der Waals surface area contributed by atoms with E-state index in [4.69, 9.17) is 0 Å². The van der Waals surface area contributed by atoms with Crippen molar-refractivity contribution >= 4 is 11.7 Å². The van der Waals surface area contributed by atoms with Gasteiger partial charge in [-0.05, 0) is 52.6 Å². The van der Waals surface area contributed by atoms with Crippen LogP contribution in [0.25, 0.3) is 22.5 Å². The second-order valence-corrected chi connectivity index (χ2v) is 8.62. The molecule has 0 spiro atoms. The average molecular weight is 533 g/mol. The summed E-state index contributed by atoms with van der Waals surface area (Å²) in [5, 5.41) is 17.4. The molecule has 0 saturated heterocycles. The van der Waals surface area contributed by atoms with Gasteiger partial charge in [-0.15, -0.1) is 10.2 Å². The Morgan fingerprint density at radius 2 is 1.71 bits per heavy atom. The van der Waals surface area contributed by atoms with Gasteiger partial charge in [-0.3, -0.25) is 9.69 Å². The number of aromatic nitrogens is 4. The van der Waals surface area contributed by atoms with Crippen LogP contribution >= 0.6 is 0 Å². The van der Waals surface area contributed by atoms with Gasteiger partial charge in [0.05, 0.1) is 18.7 Å². The molecule has 5 rings (SSSR count). The number of hydrogen-bond acceptors (Lipinski definition) is 5. The highest BCUT2D eigenvalue weighted by atomic mass is 19.4. The van der Waals surface area contributed by atoms with Crippen LogP contribution in [0.4, 0.5) is 32.2 Å². The first-order valence-corrected chi connectivity index (χ1v) is 11.1. The molecule has 4 aromatic rings. The molecule has 0 saturated carbocycles. The minimum Gasteiger partial charge on any atom is -0.392 e. The Bertz CT molecular complexity index is 1560. The third kappa shape index (κ3) is 4.38. The van der Waals surface area contributed by atoms with Gasteiger partial charge in [-0.2, -0.15) is 26.3 Å². The number of benzene rings is 2. The third-order valence-electron chi connectivity index (χ3n) is 6.18. The van der Waals surface area contributed by atoms with Gasteiger partial charge in [-0.1, -0.05) is 18.2 Å². The van der Waals surface area contributed by atoms with E-state index in [0.29, 0.717) is 17.0 Å². The molecule has 0 fully saturated rings. The first-order chi connectivity index (χ1) is 17.9. The van der Waals surface area contributed by atoms with E-state index in [9.17, 15) is 36.2 Å². The molecule has 0 unspecified atom stereocenters. The first-order valence-electron chi connectivity index (χ1n) is 11.1. The fraction of sp³-hybridized carbons (Fsp3) is 0.200. The number of pyridine rings is 1. The number of halogens is 6. The number of aliphatic hydroxyl groups is 1. The lowest BCUT2D eigenvalue weighted by Gasteiger charge is -2.19. The molecule has 196 valence electrons. The molecule has 1 aliphatic rings. The van der Waals surface area contributed by atoms with E-state index in [2.05, 4.69) is 15.2 Å². The van der Waals surface area contributed by atoms with Crippen LogP contribution in [0.5, 0.6) is 0 Å². The van der Waals surface area contributed by atoms with E-state index >= 15 is 0 Å². The van der Waals surface area contributed by atoms with Gasteiger partial charge in [0, 0.05) is 18.2 Å². The highest BCUT2D eigenvalue weighted by molar-refractivity contribution is 6.10. The zero-order chi connectivity index (χ0) is 27.4. The number of hydrogen-bond donors (Lipinski definition) is 1. The fourth-order valence-electron chi connectivity index (χ4n) is 4.39. The maximum Gasteiger partial charge on any atom is 0.433 e. The van der Waals surface area contributed by atoms with Crippen LogP contribution in [0, 0.1) is 0 Å². The zero-order valence-electron chi connectivity index (χ0n) is 19.5. The first kappa shape index (κ1) is 25.4. The topological polar surface area (TPSA) is 84.1 Å². The monoisotopic (exact) mass is 533 g/mol. The molecule has 1 aliphatic heterocycles. The number of nitrogens with zero attached hydrogens (tertiary/aromatic N) is 5. The van der Waals surface area contributed by atoms with Crippen LogP contribution in [0.2, 0.25) is 0 Å². The van der Waals surface area contributed by atoms with Crippen molar-refractivity contribution < 1.29 is 36.2 Å². The zero-order valence-corrected chi connectivity index (χ0v) is 19.5. The van der Waals surface area contributed by atoms with Crippen molar-refractivity contribution in [2.45, 2.75) is 25.5 Å². The summed E-state index contributed by atoms with van der Waals surface area (Å²) in [5.41, 5.74) is -1.91. The Kier molecular flexibility index (Phi) is 5.97. The summed E-state index contributed by atoms with van der Waals surface area (Å²) in [5.74, 6) is -1.06. The number of fused-ring (bicyclic) bond motifs is 1. The van der Waals surface area contributed by atoms with Gasteiger partial charge < -0.3 is 9.67 Å². The molecule has 1 N–H and O–H groups in total. The third-order valence-corrected chi connectivity index (χ3v) is 6.18. The smallest absolute Gasteiger partial charge is 0.392 e. The van der Waals surface area contributed by atoms with E-state index < -0.39 is 41.9 Å². The van der Waals surface area contributed by atoms with Gasteiger partial charge in [0.25, 0.3) is 5.91 Å². The van der Waals surface area contributed by atoms with Gasteiger partial charge >= 0.3 is 12.4 Å². The Morgan fingerprint density at radius 3 is 2.34 bits per heavy atom. The second-order valence-electron chi connectivity index (χ2n) is 8.62. The van der Waals surface area contributed by atoms with Crippen LogP contribution < -0.4 is 4.90 Å². The Labute approximate surface area is 211 Å². The fourth-order valence-corrected chi connectivity index (χ4v) is 4.39. The van der Waals surface area contributed by atoms with E-state index in [1.165, 1.54) is 35.2 Å². The van der Waals surface area contributed by atoms with E-state index in [1.807, 2.05) is 0 Å². The van der Waals surface area contributed by atoms with Crippen molar-refractivity contribution in [3.05, 3.63) is 82.8 Å². The lowest BCUT2D eigenvalue weighted by molar-refractivity contribution is -0.141. The molecule has 0 bridgehead atoms. The minimum absolute atomic E-state index is 0.00962. The number of alkyl halides is 6. The maximum atomic E-state index is 13.9. The summed E-state index contributed by atoms with van der Waals surface area (Å²) >= 11 is 0. The summed E-state index contributed by atoms with van der Waals surface area (Å²) in [6, 6.07) is 9.61. The SMILES string of the molecule is Cn1cnnc1-c1cc(CO)ccc1-c1cc(N2Cc3c(cccc3C(F)(F)F)C2=O)nc(C(F)(F)F)c1. The number of aryl methyl sites for hydroxylation is 1. The summed E-state index contributed by atoms with van der Waals surface area (Å²) < 4.78 is 83.9. The van der Waals surface area contributed by atoms with E-state index in [0.717, 1.165) is 23.1 Å². The summed E-state index contributed by atoms with van der Waals surface area (Å²) in [6.07, 6.45) is -8.29. The molecule has 3 heterocycles. The Morgan fingerprint density at radius 1 is 0.947 bits per heavy atom. The Balaban J connectivity index is 1.69. The van der Waals surface area contributed by atoms with Gasteiger partial charge in [0.2, 0.25) is 0 Å². The molecule has 2 aromatic carbocycles.